The van der Waals surface area contributed by atoms with E-state index >= 15 is 0 Å². The zero-order valence-corrected chi connectivity index (χ0v) is 17.1. The lowest BCUT2D eigenvalue weighted by molar-refractivity contribution is 0.0671. The number of rotatable bonds is 8. The molecule has 0 aliphatic carbocycles. The van der Waals surface area contributed by atoms with Gasteiger partial charge >= 0.3 is 10.1 Å². The summed E-state index contributed by atoms with van der Waals surface area (Å²) in [5.74, 6) is 0.193. The number of benzene rings is 2. The lowest BCUT2D eigenvalue weighted by atomic mass is 10.1. The maximum absolute atomic E-state index is 13.1. The summed E-state index contributed by atoms with van der Waals surface area (Å²) in [6.45, 7) is 7.99. The Hall–Kier alpha value is -2.34. The molecule has 0 aromatic heterocycles. The SMILES string of the molecule is CCC(C)N(Cc1ccc(OS(=O)(=O)CC)cc1)C(=O)c1ccccc1C. The number of amides is 1. The molecule has 0 aliphatic heterocycles. The third-order valence-corrected chi connectivity index (χ3v) is 5.77. The Morgan fingerprint density at radius 3 is 2.26 bits per heavy atom. The molecule has 2 rings (SSSR count). The third kappa shape index (κ3) is 5.57. The predicted octanol–water partition coefficient (Wildman–Crippen LogP) is 4.16. The topological polar surface area (TPSA) is 63.7 Å². The Labute approximate surface area is 162 Å². The largest absolute Gasteiger partial charge is 0.382 e. The molecule has 6 heteroatoms. The normalized spacial score (nSPS) is 12.4. The number of nitrogens with zero attached hydrogens (tertiary/aromatic N) is 1. The van der Waals surface area contributed by atoms with Crippen LogP contribution in [-0.2, 0) is 16.7 Å². The van der Waals surface area contributed by atoms with Crippen molar-refractivity contribution < 1.29 is 17.4 Å². The van der Waals surface area contributed by atoms with E-state index in [9.17, 15) is 13.2 Å². The van der Waals surface area contributed by atoms with Gasteiger partial charge in [-0.3, -0.25) is 4.79 Å². The Kier molecular flexibility index (Phi) is 7.02. The molecule has 27 heavy (non-hydrogen) atoms. The summed E-state index contributed by atoms with van der Waals surface area (Å²) in [4.78, 5) is 14.9. The molecule has 0 saturated carbocycles. The summed E-state index contributed by atoms with van der Waals surface area (Å²) in [5.41, 5.74) is 2.56. The number of carbonyl (C=O) groups is 1. The maximum atomic E-state index is 13.1. The summed E-state index contributed by atoms with van der Waals surface area (Å²) >= 11 is 0. The molecule has 5 nitrogen and oxygen atoms in total. The minimum absolute atomic E-state index is 0.00339. The summed E-state index contributed by atoms with van der Waals surface area (Å²) in [7, 11) is -3.54. The molecule has 0 radical (unpaired) electrons. The Bertz CT molecular complexity index is 875. The molecule has 0 fully saturated rings. The van der Waals surface area contributed by atoms with Gasteiger partial charge in [0.1, 0.15) is 5.75 Å². The van der Waals surface area contributed by atoms with E-state index in [1.54, 1.807) is 24.3 Å². The van der Waals surface area contributed by atoms with Gasteiger partial charge in [-0.25, -0.2) is 0 Å². The van der Waals surface area contributed by atoms with Crippen LogP contribution in [0.25, 0.3) is 0 Å². The lowest BCUT2D eigenvalue weighted by Gasteiger charge is -2.29. The van der Waals surface area contributed by atoms with Crippen molar-refractivity contribution in [2.24, 2.45) is 0 Å². The summed E-state index contributed by atoms with van der Waals surface area (Å²) in [6.07, 6.45) is 0.841. The van der Waals surface area contributed by atoms with E-state index in [2.05, 4.69) is 6.92 Å². The van der Waals surface area contributed by atoms with Crippen LogP contribution < -0.4 is 4.18 Å². The second-order valence-corrected chi connectivity index (χ2v) is 8.44. The maximum Gasteiger partial charge on any atom is 0.308 e. The third-order valence-electron chi connectivity index (χ3n) is 4.61. The average Bonchev–Trinajstić information content (AvgIpc) is 2.66. The van der Waals surface area contributed by atoms with Crippen LogP contribution >= 0.6 is 0 Å². The van der Waals surface area contributed by atoms with E-state index in [-0.39, 0.29) is 23.5 Å². The van der Waals surface area contributed by atoms with Crippen molar-refractivity contribution >= 4 is 16.0 Å². The molecule has 1 amide bonds. The highest BCUT2D eigenvalue weighted by Gasteiger charge is 2.22. The van der Waals surface area contributed by atoms with Crippen molar-refractivity contribution in [2.75, 3.05) is 5.75 Å². The van der Waals surface area contributed by atoms with E-state index in [1.165, 1.54) is 6.92 Å². The smallest absolute Gasteiger partial charge is 0.308 e. The van der Waals surface area contributed by atoms with Crippen LogP contribution in [0.3, 0.4) is 0 Å². The van der Waals surface area contributed by atoms with Gasteiger partial charge in [0, 0.05) is 18.2 Å². The molecule has 146 valence electrons. The van der Waals surface area contributed by atoms with Crippen LogP contribution in [0.5, 0.6) is 5.75 Å². The van der Waals surface area contributed by atoms with Crippen molar-refractivity contribution in [1.82, 2.24) is 4.90 Å². The Morgan fingerprint density at radius 1 is 1.07 bits per heavy atom. The Morgan fingerprint density at radius 2 is 1.70 bits per heavy atom. The molecular weight excluding hydrogens is 362 g/mol. The van der Waals surface area contributed by atoms with Gasteiger partial charge in [-0.1, -0.05) is 37.3 Å². The van der Waals surface area contributed by atoms with Crippen LogP contribution in [0.2, 0.25) is 0 Å². The fourth-order valence-corrected chi connectivity index (χ4v) is 3.19. The highest BCUT2D eigenvalue weighted by atomic mass is 32.2. The monoisotopic (exact) mass is 389 g/mol. The van der Waals surface area contributed by atoms with Crippen molar-refractivity contribution in [1.29, 1.82) is 0 Å². The van der Waals surface area contributed by atoms with Crippen LogP contribution in [0.4, 0.5) is 0 Å². The van der Waals surface area contributed by atoms with Gasteiger partial charge in [0.15, 0.2) is 0 Å². The molecule has 0 heterocycles. The van der Waals surface area contributed by atoms with Gasteiger partial charge in [-0.05, 0) is 56.5 Å². The van der Waals surface area contributed by atoms with Crippen LogP contribution in [0.1, 0.15) is 48.7 Å². The first kappa shape index (κ1) is 21.0. The average molecular weight is 390 g/mol. The van der Waals surface area contributed by atoms with Crippen molar-refractivity contribution in [2.45, 2.75) is 46.7 Å². The molecular formula is C21H27NO4S. The highest BCUT2D eigenvalue weighted by Crippen LogP contribution is 2.20. The van der Waals surface area contributed by atoms with Gasteiger partial charge in [0.25, 0.3) is 5.91 Å². The van der Waals surface area contributed by atoms with E-state index in [4.69, 9.17) is 4.18 Å². The molecule has 0 bridgehead atoms. The first-order valence-electron chi connectivity index (χ1n) is 9.15. The van der Waals surface area contributed by atoms with Gasteiger partial charge in [0.05, 0.1) is 5.75 Å². The lowest BCUT2D eigenvalue weighted by Crippen LogP contribution is -2.38. The second-order valence-electron chi connectivity index (χ2n) is 6.58. The zero-order valence-electron chi connectivity index (χ0n) is 16.3. The molecule has 1 atom stereocenters. The van der Waals surface area contributed by atoms with E-state index in [0.29, 0.717) is 12.1 Å². The molecule has 1 unspecified atom stereocenters. The zero-order chi connectivity index (χ0) is 20.0. The molecule has 2 aromatic rings. The summed E-state index contributed by atoms with van der Waals surface area (Å²) < 4.78 is 28.1. The highest BCUT2D eigenvalue weighted by molar-refractivity contribution is 7.87. The fourth-order valence-electron chi connectivity index (χ4n) is 2.67. The van der Waals surface area contributed by atoms with Crippen molar-refractivity contribution in [3.05, 3.63) is 65.2 Å². The first-order valence-corrected chi connectivity index (χ1v) is 10.7. The minimum Gasteiger partial charge on any atom is -0.382 e. The van der Waals surface area contributed by atoms with E-state index in [0.717, 1.165) is 17.5 Å². The molecule has 0 spiro atoms. The van der Waals surface area contributed by atoms with Gasteiger partial charge < -0.3 is 9.08 Å². The van der Waals surface area contributed by atoms with Crippen molar-refractivity contribution in [3.8, 4) is 5.75 Å². The minimum atomic E-state index is -3.54. The van der Waals surface area contributed by atoms with Gasteiger partial charge in [-0.15, -0.1) is 0 Å². The second kappa shape index (κ2) is 9.04. The number of carbonyl (C=O) groups excluding carboxylic acids is 1. The van der Waals surface area contributed by atoms with Gasteiger partial charge in [-0.2, -0.15) is 8.42 Å². The van der Waals surface area contributed by atoms with Crippen molar-refractivity contribution in [3.63, 3.8) is 0 Å². The predicted molar refractivity (Wildman–Crippen MR) is 107 cm³/mol. The van der Waals surface area contributed by atoms with E-state index < -0.39 is 10.1 Å². The number of hydrogen-bond acceptors (Lipinski definition) is 4. The van der Waals surface area contributed by atoms with Gasteiger partial charge in [0.2, 0.25) is 0 Å². The number of hydrogen-bond donors (Lipinski definition) is 0. The molecule has 2 aromatic carbocycles. The number of aryl methyl sites for hydroxylation is 1. The summed E-state index contributed by atoms with van der Waals surface area (Å²) in [5, 5.41) is 0. The molecule has 0 N–H and O–H groups in total. The first-order chi connectivity index (χ1) is 12.8. The summed E-state index contributed by atoms with van der Waals surface area (Å²) in [6, 6.07) is 14.5. The van der Waals surface area contributed by atoms with E-state index in [1.807, 2.05) is 43.0 Å². The quantitative estimate of drug-likeness (QED) is 0.636. The molecule has 0 saturated heterocycles. The molecule has 0 aliphatic rings. The van der Waals surface area contributed by atoms with Crippen LogP contribution in [0, 0.1) is 6.92 Å². The Balaban J connectivity index is 2.22. The van der Waals surface area contributed by atoms with Crippen LogP contribution in [-0.4, -0.2) is 31.0 Å². The fraction of sp³-hybridized carbons (Fsp3) is 0.381. The standard InChI is InChI=1S/C21H27NO4S/c1-5-17(4)22(21(23)20-10-8-7-9-16(20)3)15-18-11-13-19(14-12-18)26-27(24,25)6-2/h7-14,17H,5-6,15H2,1-4H3. The van der Waals surface area contributed by atoms with Crippen LogP contribution in [0.15, 0.2) is 48.5 Å².